The summed E-state index contributed by atoms with van der Waals surface area (Å²) in [5.41, 5.74) is 0.620. The van der Waals surface area contributed by atoms with Crippen LogP contribution >= 0.6 is 0 Å². The number of nitrogens with one attached hydrogen (secondary N) is 1. The first-order valence-corrected chi connectivity index (χ1v) is 7.51. The van der Waals surface area contributed by atoms with E-state index in [1.807, 2.05) is 0 Å². The summed E-state index contributed by atoms with van der Waals surface area (Å²) in [7, 11) is 3.32. The monoisotopic (exact) mass is 322 g/mol. The summed E-state index contributed by atoms with van der Waals surface area (Å²) in [6.45, 7) is 3.29. The van der Waals surface area contributed by atoms with Crippen LogP contribution in [-0.4, -0.2) is 62.3 Å². The van der Waals surface area contributed by atoms with Crippen molar-refractivity contribution in [1.29, 1.82) is 0 Å². The molecular formula is C15H22N4O4. The lowest BCUT2D eigenvalue weighted by molar-refractivity contribution is -0.384. The number of nitrogens with zero attached hydrogens (tertiary/aromatic N) is 3. The number of hydrogen-bond acceptors (Lipinski definition) is 5. The van der Waals surface area contributed by atoms with Gasteiger partial charge in [-0.25, -0.2) is 4.79 Å². The molecule has 1 N–H and O–H groups in total. The minimum absolute atomic E-state index is 0.00661. The first kappa shape index (κ1) is 17.2. The number of non-ortho nitro benzene ring substituents is 1. The number of hydrogen-bond donors (Lipinski definition) is 1. The molecule has 23 heavy (non-hydrogen) atoms. The van der Waals surface area contributed by atoms with E-state index in [9.17, 15) is 14.9 Å². The molecule has 0 radical (unpaired) electrons. The maximum absolute atomic E-state index is 12.3. The fourth-order valence-corrected chi connectivity index (χ4v) is 2.56. The molecule has 0 saturated carbocycles. The molecule has 126 valence electrons. The van der Waals surface area contributed by atoms with Gasteiger partial charge in [0.2, 0.25) is 0 Å². The highest BCUT2D eigenvalue weighted by Gasteiger charge is 2.24. The Morgan fingerprint density at radius 3 is 2.78 bits per heavy atom. The van der Waals surface area contributed by atoms with Gasteiger partial charge >= 0.3 is 6.03 Å². The quantitative estimate of drug-likeness (QED) is 0.633. The summed E-state index contributed by atoms with van der Waals surface area (Å²) >= 11 is 0. The maximum Gasteiger partial charge on any atom is 0.321 e. The van der Waals surface area contributed by atoms with Crippen molar-refractivity contribution in [1.82, 2.24) is 10.2 Å². The Morgan fingerprint density at radius 1 is 1.48 bits per heavy atom. The van der Waals surface area contributed by atoms with Crippen LogP contribution in [0.25, 0.3) is 0 Å². The van der Waals surface area contributed by atoms with E-state index in [1.54, 1.807) is 26.3 Å². The molecule has 1 aliphatic rings. The summed E-state index contributed by atoms with van der Waals surface area (Å²) < 4.78 is 5.06. The Labute approximate surface area is 135 Å². The number of carbonyl (C=O) groups is 1. The van der Waals surface area contributed by atoms with Crippen LogP contribution in [0.4, 0.5) is 16.2 Å². The molecule has 1 aliphatic heterocycles. The van der Waals surface area contributed by atoms with E-state index in [1.165, 1.54) is 17.0 Å². The van der Waals surface area contributed by atoms with E-state index in [0.29, 0.717) is 12.3 Å². The zero-order valence-electron chi connectivity index (χ0n) is 13.4. The molecule has 2 amide bonds. The number of nitro groups is 1. The Hall–Kier alpha value is -2.19. The van der Waals surface area contributed by atoms with E-state index in [4.69, 9.17) is 4.74 Å². The van der Waals surface area contributed by atoms with Gasteiger partial charge in [0.05, 0.1) is 11.5 Å². The summed E-state index contributed by atoms with van der Waals surface area (Å²) in [6, 6.07) is 5.81. The number of rotatable bonds is 6. The second-order valence-corrected chi connectivity index (χ2v) is 5.56. The van der Waals surface area contributed by atoms with Crippen LogP contribution in [0.2, 0.25) is 0 Å². The van der Waals surface area contributed by atoms with Crippen molar-refractivity contribution >= 4 is 17.4 Å². The highest BCUT2D eigenvalue weighted by Crippen LogP contribution is 2.18. The normalized spacial score (nSPS) is 17.9. The van der Waals surface area contributed by atoms with Crippen LogP contribution in [0.3, 0.4) is 0 Å². The number of methoxy groups -OCH3 is 1. The fourth-order valence-electron chi connectivity index (χ4n) is 2.56. The van der Waals surface area contributed by atoms with E-state index in [0.717, 1.165) is 26.1 Å². The van der Waals surface area contributed by atoms with Gasteiger partial charge in [0.25, 0.3) is 5.69 Å². The van der Waals surface area contributed by atoms with Crippen LogP contribution in [0.5, 0.6) is 0 Å². The molecule has 2 rings (SSSR count). The van der Waals surface area contributed by atoms with Crippen molar-refractivity contribution in [2.45, 2.75) is 12.5 Å². The summed E-state index contributed by atoms with van der Waals surface area (Å²) in [5.74, 6) is 0. The molecule has 0 aliphatic carbocycles. The third-order valence-electron chi connectivity index (χ3n) is 3.96. The number of likely N-dealkylation sites (tertiary alicyclic amines) is 1. The van der Waals surface area contributed by atoms with Crippen molar-refractivity contribution in [3.8, 4) is 0 Å². The van der Waals surface area contributed by atoms with Crippen molar-refractivity contribution in [2.75, 3.05) is 45.3 Å². The predicted molar refractivity (Wildman–Crippen MR) is 86.8 cm³/mol. The van der Waals surface area contributed by atoms with Gasteiger partial charge in [0.15, 0.2) is 0 Å². The molecule has 0 unspecified atom stereocenters. The zero-order valence-corrected chi connectivity index (χ0v) is 13.4. The van der Waals surface area contributed by atoms with Crippen molar-refractivity contribution in [3.63, 3.8) is 0 Å². The smallest absolute Gasteiger partial charge is 0.321 e. The zero-order chi connectivity index (χ0) is 16.8. The molecule has 1 aromatic rings. The third kappa shape index (κ3) is 4.64. The molecule has 1 aromatic carbocycles. The van der Waals surface area contributed by atoms with Crippen LogP contribution in [0.15, 0.2) is 24.3 Å². The molecule has 1 saturated heterocycles. The van der Waals surface area contributed by atoms with Crippen molar-refractivity contribution < 1.29 is 14.5 Å². The maximum atomic E-state index is 12.3. The van der Waals surface area contributed by atoms with E-state index in [-0.39, 0.29) is 17.8 Å². The Bertz CT molecular complexity index is 549. The number of nitro benzene ring substituents is 1. The first-order chi connectivity index (χ1) is 11.0. The summed E-state index contributed by atoms with van der Waals surface area (Å²) in [4.78, 5) is 26.2. The highest BCUT2D eigenvalue weighted by atomic mass is 16.6. The molecular weight excluding hydrogens is 300 g/mol. The van der Waals surface area contributed by atoms with Gasteiger partial charge in [-0.2, -0.15) is 0 Å². The van der Waals surface area contributed by atoms with Gasteiger partial charge in [-0.1, -0.05) is 0 Å². The predicted octanol–water partition coefficient (Wildman–Crippen LogP) is 1.46. The lowest BCUT2D eigenvalue weighted by Gasteiger charge is -2.21. The van der Waals surface area contributed by atoms with Crippen LogP contribution in [-0.2, 0) is 4.74 Å². The molecule has 8 heteroatoms. The van der Waals surface area contributed by atoms with Gasteiger partial charge in [-0.3, -0.25) is 19.9 Å². The van der Waals surface area contributed by atoms with E-state index >= 15 is 0 Å². The lowest BCUT2D eigenvalue weighted by Crippen LogP contribution is -2.44. The van der Waals surface area contributed by atoms with Crippen molar-refractivity contribution in [2.24, 2.45) is 0 Å². The van der Waals surface area contributed by atoms with Crippen LogP contribution in [0, 0.1) is 10.1 Å². The van der Waals surface area contributed by atoms with Gasteiger partial charge < -0.3 is 10.1 Å². The Balaban J connectivity index is 1.86. The standard InChI is InChI=1S/C15H22N4O4/c1-17(13-3-5-14(6-4-13)19(21)22)15(20)16-12-7-8-18(11-12)9-10-23-2/h3-6,12H,7-11H2,1-2H3,(H,16,20)/t12-/m0/s1. The lowest BCUT2D eigenvalue weighted by atomic mass is 10.2. The minimum atomic E-state index is -0.461. The number of anilines is 1. The number of benzene rings is 1. The van der Waals surface area contributed by atoms with Crippen LogP contribution in [0.1, 0.15) is 6.42 Å². The topological polar surface area (TPSA) is 88.0 Å². The fraction of sp³-hybridized carbons (Fsp3) is 0.533. The van der Waals surface area contributed by atoms with Gasteiger partial charge in [-0.05, 0) is 18.6 Å². The summed E-state index contributed by atoms with van der Waals surface area (Å²) in [6.07, 6.45) is 0.906. The molecule has 0 spiro atoms. The number of urea groups is 1. The van der Waals surface area contributed by atoms with Crippen LogP contribution < -0.4 is 10.2 Å². The molecule has 1 fully saturated rings. The SMILES string of the molecule is COCCN1CC[C@H](NC(=O)N(C)c2ccc([N+](=O)[O-])cc2)C1. The largest absolute Gasteiger partial charge is 0.383 e. The average molecular weight is 322 g/mol. The highest BCUT2D eigenvalue weighted by molar-refractivity contribution is 5.91. The molecule has 8 nitrogen and oxygen atoms in total. The number of carbonyl (C=O) groups excluding carboxylic acids is 1. The molecule has 0 aromatic heterocycles. The minimum Gasteiger partial charge on any atom is -0.383 e. The van der Waals surface area contributed by atoms with Gasteiger partial charge in [0, 0.05) is 57.7 Å². The molecule has 0 bridgehead atoms. The average Bonchev–Trinajstić information content (AvgIpc) is 2.99. The second-order valence-electron chi connectivity index (χ2n) is 5.56. The third-order valence-corrected chi connectivity index (χ3v) is 3.96. The molecule has 1 heterocycles. The summed E-state index contributed by atoms with van der Waals surface area (Å²) in [5, 5.41) is 13.6. The number of amides is 2. The van der Waals surface area contributed by atoms with E-state index < -0.39 is 4.92 Å². The molecule has 1 atom stereocenters. The van der Waals surface area contributed by atoms with Crippen molar-refractivity contribution in [3.05, 3.63) is 34.4 Å². The van der Waals surface area contributed by atoms with Gasteiger partial charge in [0.1, 0.15) is 0 Å². The second kappa shape index (κ2) is 7.89. The number of ether oxygens (including phenoxy) is 1. The Kier molecular flexibility index (Phi) is 5.89. The van der Waals surface area contributed by atoms with Gasteiger partial charge in [-0.15, -0.1) is 0 Å². The first-order valence-electron chi connectivity index (χ1n) is 7.51. The van der Waals surface area contributed by atoms with E-state index in [2.05, 4.69) is 10.2 Å². The Morgan fingerprint density at radius 2 is 2.17 bits per heavy atom.